The van der Waals surface area contributed by atoms with Gasteiger partial charge in [0.15, 0.2) is 0 Å². The summed E-state index contributed by atoms with van der Waals surface area (Å²) in [4.78, 5) is 12.3. The van der Waals surface area contributed by atoms with Crippen molar-refractivity contribution in [3.63, 3.8) is 0 Å². The Kier molecular flexibility index (Phi) is 7.02. The van der Waals surface area contributed by atoms with Crippen LogP contribution in [0.1, 0.15) is 36.5 Å². The normalized spacial score (nSPS) is 10.9. The maximum Gasteiger partial charge on any atom is 0.234 e. The zero-order valence-corrected chi connectivity index (χ0v) is 16.4. The fourth-order valence-electron chi connectivity index (χ4n) is 2.41. The van der Waals surface area contributed by atoms with Gasteiger partial charge in [0.05, 0.1) is 15.8 Å². The first-order chi connectivity index (χ1) is 11.4. The quantitative estimate of drug-likeness (QED) is 0.635. The standard InChI is InChI=1S/C19H21Cl2NOS/c1-12(2)15-6-4-5-13(3)19(15)22-18(23)11-24-10-14-7-8-16(20)17(21)9-14/h4-9,12H,10-11H2,1-3H3,(H,22,23). The van der Waals surface area contributed by atoms with E-state index in [1.165, 1.54) is 0 Å². The van der Waals surface area contributed by atoms with Crippen LogP contribution in [0.2, 0.25) is 10.0 Å². The summed E-state index contributed by atoms with van der Waals surface area (Å²) in [6.07, 6.45) is 0. The number of nitrogens with one attached hydrogen (secondary N) is 1. The van der Waals surface area contributed by atoms with E-state index < -0.39 is 0 Å². The Hall–Kier alpha value is -1.16. The zero-order chi connectivity index (χ0) is 17.7. The number of hydrogen-bond donors (Lipinski definition) is 1. The van der Waals surface area contributed by atoms with Crippen LogP contribution in [0.3, 0.4) is 0 Å². The van der Waals surface area contributed by atoms with Crippen LogP contribution in [0.15, 0.2) is 36.4 Å². The number of hydrogen-bond acceptors (Lipinski definition) is 2. The van der Waals surface area contributed by atoms with E-state index in [0.29, 0.717) is 21.7 Å². The van der Waals surface area contributed by atoms with Gasteiger partial charge in [-0.05, 0) is 41.7 Å². The van der Waals surface area contributed by atoms with Gasteiger partial charge < -0.3 is 5.32 Å². The summed E-state index contributed by atoms with van der Waals surface area (Å²) in [5, 5.41) is 4.15. The van der Waals surface area contributed by atoms with Crippen molar-refractivity contribution < 1.29 is 4.79 Å². The van der Waals surface area contributed by atoms with Crippen molar-refractivity contribution in [1.29, 1.82) is 0 Å². The molecular formula is C19H21Cl2NOS. The van der Waals surface area contributed by atoms with Crippen LogP contribution in [-0.2, 0) is 10.5 Å². The number of carbonyl (C=O) groups excluding carboxylic acids is 1. The van der Waals surface area contributed by atoms with Crippen LogP contribution in [0.4, 0.5) is 5.69 Å². The molecule has 0 saturated carbocycles. The molecule has 0 aliphatic rings. The molecule has 128 valence electrons. The lowest BCUT2D eigenvalue weighted by molar-refractivity contribution is -0.113. The molecule has 2 rings (SSSR count). The largest absolute Gasteiger partial charge is 0.325 e. The van der Waals surface area contributed by atoms with E-state index in [4.69, 9.17) is 23.2 Å². The molecule has 24 heavy (non-hydrogen) atoms. The lowest BCUT2D eigenvalue weighted by Gasteiger charge is -2.16. The molecule has 0 radical (unpaired) electrons. The number of benzene rings is 2. The first-order valence-electron chi connectivity index (χ1n) is 7.79. The van der Waals surface area contributed by atoms with Crippen molar-refractivity contribution in [3.8, 4) is 0 Å². The van der Waals surface area contributed by atoms with Crippen LogP contribution in [0.5, 0.6) is 0 Å². The summed E-state index contributed by atoms with van der Waals surface area (Å²) in [5.41, 5.74) is 4.25. The van der Waals surface area contributed by atoms with Gasteiger partial charge in [-0.15, -0.1) is 11.8 Å². The Morgan fingerprint density at radius 1 is 1.17 bits per heavy atom. The topological polar surface area (TPSA) is 29.1 Å². The van der Waals surface area contributed by atoms with Crippen molar-refractivity contribution in [2.24, 2.45) is 0 Å². The summed E-state index contributed by atoms with van der Waals surface area (Å²) >= 11 is 13.5. The second-order valence-corrected chi connectivity index (χ2v) is 7.78. The van der Waals surface area contributed by atoms with E-state index in [-0.39, 0.29) is 5.91 Å². The predicted molar refractivity (Wildman–Crippen MR) is 107 cm³/mol. The Balaban J connectivity index is 1.93. The maximum absolute atomic E-state index is 12.3. The van der Waals surface area contributed by atoms with Crippen LogP contribution >= 0.6 is 35.0 Å². The van der Waals surface area contributed by atoms with Gasteiger partial charge in [-0.2, -0.15) is 0 Å². The molecule has 5 heteroatoms. The van der Waals surface area contributed by atoms with Crippen LogP contribution in [0, 0.1) is 6.92 Å². The average Bonchev–Trinajstić information content (AvgIpc) is 2.52. The van der Waals surface area contributed by atoms with Gasteiger partial charge >= 0.3 is 0 Å². The molecule has 0 heterocycles. The van der Waals surface area contributed by atoms with Gasteiger partial charge in [-0.3, -0.25) is 4.79 Å². The molecule has 0 atom stereocenters. The smallest absolute Gasteiger partial charge is 0.234 e. The minimum atomic E-state index is 0.0104. The second kappa shape index (κ2) is 8.80. The summed E-state index contributed by atoms with van der Waals surface area (Å²) in [5.74, 6) is 1.49. The Labute approximate surface area is 157 Å². The molecule has 0 aliphatic carbocycles. The number of amides is 1. The molecule has 0 aliphatic heterocycles. The predicted octanol–water partition coefficient (Wildman–Crippen LogP) is 6.30. The molecule has 0 fully saturated rings. The minimum Gasteiger partial charge on any atom is -0.325 e. The molecule has 0 aromatic heterocycles. The fraction of sp³-hybridized carbons (Fsp3) is 0.316. The van der Waals surface area contributed by atoms with Gasteiger partial charge in [0.25, 0.3) is 0 Å². The van der Waals surface area contributed by atoms with E-state index in [1.807, 2.05) is 31.2 Å². The lowest BCUT2D eigenvalue weighted by atomic mass is 9.98. The van der Waals surface area contributed by atoms with Crippen molar-refractivity contribution in [3.05, 3.63) is 63.1 Å². The highest BCUT2D eigenvalue weighted by Crippen LogP contribution is 2.28. The van der Waals surface area contributed by atoms with Crippen LogP contribution in [-0.4, -0.2) is 11.7 Å². The highest BCUT2D eigenvalue weighted by Gasteiger charge is 2.12. The van der Waals surface area contributed by atoms with Crippen LogP contribution < -0.4 is 5.32 Å². The average molecular weight is 382 g/mol. The van der Waals surface area contributed by atoms with E-state index in [9.17, 15) is 4.79 Å². The lowest BCUT2D eigenvalue weighted by Crippen LogP contribution is -2.16. The number of thioether (sulfide) groups is 1. The first-order valence-corrected chi connectivity index (χ1v) is 9.70. The van der Waals surface area contributed by atoms with Gasteiger partial charge in [-0.1, -0.05) is 61.3 Å². The van der Waals surface area contributed by atoms with Crippen molar-refractivity contribution in [2.45, 2.75) is 32.4 Å². The van der Waals surface area contributed by atoms with E-state index >= 15 is 0 Å². The summed E-state index contributed by atoms with van der Waals surface area (Å²) in [7, 11) is 0. The summed E-state index contributed by atoms with van der Waals surface area (Å²) in [6.45, 7) is 6.28. The van der Waals surface area contributed by atoms with Crippen molar-refractivity contribution >= 4 is 46.6 Å². The zero-order valence-electron chi connectivity index (χ0n) is 14.0. The van der Waals surface area contributed by atoms with Gasteiger partial charge in [-0.25, -0.2) is 0 Å². The van der Waals surface area contributed by atoms with Crippen molar-refractivity contribution in [1.82, 2.24) is 0 Å². The van der Waals surface area contributed by atoms with Crippen molar-refractivity contribution in [2.75, 3.05) is 11.1 Å². The second-order valence-electron chi connectivity index (χ2n) is 5.98. The molecule has 0 saturated heterocycles. The third-order valence-electron chi connectivity index (χ3n) is 3.68. The number of halogens is 2. The third kappa shape index (κ3) is 5.17. The molecule has 2 aromatic carbocycles. The van der Waals surface area contributed by atoms with Gasteiger partial charge in [0.2, 0.25) is 5.91 Å². The summed E-state index contributed by atoms with van der Waals surface area (Å²) in [6, 6.07) is 11.7. The number of anilines is 1. The van der Waals surface area contributed by atoms with Gasteiger partial charge in [0.1, 0.15) is 0 Å². The van der Waals surface area contributed by atoms with Gasteiger partial charge in [0, 0.05) is 11.4 Å². The Bertz CT molecular complexity index is 731. The first kappa shape index (κ1) is 19.2. The number of para-hydroxylation sites is 1. The maximum atomic E-state index is 12.3. The summed E-state index contributed by atoms with van der Waals surface area (Å²) < 4.78 is 0. The molecule has 2 nitrogen and oxygen atoms in total. The Morgan fingerprint density at radius 3 is 2.58 bits per heavy atom. The molecule has 1 amide bonds. The molecule has 1 N–H and O–H groups in total. The third-order valence-corrected chi connectivity index (χ3v) is 5.42. The number of aryl methyl sites for hydroxylation is 1. The highest BCUT2D eigenvalue weighted by atomic mass is 35.5. The number of rotatable bonds is 6. The molecule has 0 unspecified atom stereocenters. The Morgan fingerprint density at radius 2 is 1.92 bits per heavy atom. The van der Waals surface area contributed by atoms with E-state index in [0.717, 1.165) is 28.1 Å². The molecule has 2 aromatic rings. The number of carbonyl (C=O) groups is 1. The minimum absolute atomic E-state index is 0.0104. The molecule has 0 bridgehead atoms. The highest BCUT2D eigenvalue weighted by molar-refractivity contribution is 7.99. The fourth-order valence-corrected chi connectivity index (χ4v) is 3.50. The molecular weight excluding hydrogens is 361 g/mol. The monoisotopic (exact) mass is 381 g/mol. The van der Waals surface area contributed by atoms with E-state index in [1.54, 1.807) is 17.8 Å². The van der Waals surface area contributed by atoms with Crippen LogP contribution in [0.25, 0.3) is 0 Å². The SMILES string of the molecule is Cc1cccc(C(C)C)c1NC(=O)CSCc1ccc(Cl)c(Cl)c1. The van der Waals surface area contributed by atoms with E-state index in [2.05, 4.69) is 25.2 Å². The molecule has 0 spiro atoms.